The van der Waals surface area contributed by atoms with E-state index in [1.165, 1.54) is 0 Å². The highest BCUT2D eigenvalue weighted by Crippen LogP contribution is 2.13. The van der Waals surface area contributed by atoms with Gasteiger partial charge in [-0.25, -0.2) is 0 Å². The molecule has 1 aromatic rings. The molecule has 1 aromatic carbocycles. The van der Waals surface area contributed by atoms with Crippen LogP contribution in [-0.4, -0.2) is 31.0 Å². The van der Waals surface area contributed by atoms with Crippen molar-refractivity contribution in [1.82, 2.24) is 4.90 Å². The maximum Gasteiger partial charge on any atom is 0.119 e. The summed E-state index contributed by atoms with van der Waals surface area (Å²) in [4.78, 5) is 0.539. The molecule has 0 amide bonds. The third-order valence-electron chi connectivity index (χ3n) is 1.91. The summed E-state index contributed by atoms with van der Waals surface area (Å²) in [6, 6.07) is 6.42. The van der Waals surface area contributed by atoms with Gasteiger partial charge in [-0.3, -0.25) is 4.90 Å². The summed E-state index contributed by atoms with van der Waals surface area (Å²) in [6.45, 7) is -6.08. The van der Waals surface area contributed by atoms with Crippen LogP contribution in [0.4, 0.5) is 5.69 Å². The molecule has 1 aliphatic rings. The minimum Gasteiger partial charge on any atom is -0.492 e. The maximum absolute atomic E-state index is 7.83. The van der Waals surface area contributed by atoms with Crippen molar-refractivity contribution in [2.75, 3.05) is 31.9 Å². The predicted octanol–water partition coefficient (Wildman–Crippen LogP) is 1.74. The van der Waals surface area contributed by atoms with Crippen molar-refractivity contribution in [3.05, 3.63) is 24.3 Å². The highest BCUT2D eigenvalue weighted by molar-refractivity contribution is 5.41. The van der Waals surface area contributed by atoms with Gasteiger partial charge in [0.25, 0.3) is 0 Å². The molecule has 2 N–H and O–H groups in total. The second kappa shape index (κ2) is 5.03. The first-order valence-electron chi connectivity index (χ1n) is 8.62. The lowest BCUT2D eigenvalue weighted by molar-refractivity contribution is 0.238. The third kappa shape index (κ3) is 3.13. The van der Waals surface area contributed by atoms with Crippen molar-refractivity contribution in [3.8, 4) is 5.75 Å². The number of hydrogen-bond acceptors (Lipinski definition) is 3. The van der Waals surface area contributed by atoms with Crippen molar-refractivity contribution < 1.29 is 15.7 Å². The normalized spacial score (nSPS) is 38.1. The Morgan fingerprint density at radius 3 is 2.60 bits per heavy atom. The van der Waals surface area contributed by atoms with Crippen LogP contribution in [0.3, 0.4) is 0 Å². The Labute approximate surface area is 102 Å². The van der Waals surface area contributed by atoms with Crippen LogP contribution in [0.2, 0.25) is 0 Å². The van der Waals surface area contributed by atoms with Gasteiger partial charge in [-0.2, -0.15) is 0 Å². The standard InChI is InChI=1S/C12H18N2O/c13-11-3-5-12(6-4-11)15-10-9-14-7-1-2-8-14/h3-6H,1-2,7-10,13H2/i1D2,2D2,7D2,8D2. The van der Waals surface area contributed by atoms with Crippen molar-refractivity contribution >= 4 is 5.69 Å². The molecule has 0 unspecified atom stereocenters. The summed E-state index contributed by atoms with van der Waals surface area (Å²) in [5.41, 5.74) is 6.09. The molecule has 3 nitrogen and oxygen atoms in total. The number of benzene rings is 1. The van der Waals surface area contributed by atoms with E-state index >= 15 is 0 Å². The van der Waals surface area contributed by atoms with Gasteiger partial charge in [0.1, 0.15) is 12.4 Å². The summed E-state index contributed by atoms with van der Waals surface area (Å²) in [7, 11) is 0. The summed E-state index contributed by atoms with van der Waals surface area (Å²) in [6.07, 6.45) is -6.02. The van der Waals surface area contributed by atoms with Gasteiger partial charge < -0.3 is 10.5 Å². The third-order valence-corrected chi connectivity index (χ3v) is 1.91. The van der Waals surface area contributed by atoms with Crippen LogP contribution >= 0.6 is 0 Å². The number of nitrogens with zero attached hydrogens (tertiary/aromatic N) is 1. The molecule has 1 saturated heterocycles. The molecule has 82 valence electrons. The first-order valence-corrected chi connectivity index (χ1v) is 4.62. The van der Waals surface area contributed by atoms with Crippen molar-refractivity contribution in [2.45, 2.75) is 12.7 Å². The van der Waals surface area contributed by atoms with Gasteiger partial charge in [0.2, 0.25) is 0 Å². The second-order valence-corrected chi connectivity index (χ2v) is 3.04. The molecular formula is C12H18N2O. The Morgan fingerprint density at radius 1 is 1.27 bits per heavy atom. The highest BCUT2D eigenvalue weighted by Gasteiger charge is 2.10. The van der Waals surface area contributed by atoms with Crippen molar-refractivity contribution in [1.29, 1.82) is 0 Å². The SMILES string of the molecule is [2H]C1([2H])N(CCOc2ccc(N)cc2)C([2H])([2H])C([2H])([2H])C1([2H])[2H]. The van der Waals surface area contributed by atoms with E-state index in [4.69, 9.17) is 21.4 Å². The van der Waals surface area contributed by atoms with Crippen LogP contribution in [0.5, 0.6) is 5.75 Å². The van der Waals surface area contributed by atoms with Gasteiger partial charge in [-0.1, -0.05) is 0 Å². The van der Waals surface area contributed by atoms with Gasteiger partial charge in [0, 0.05) is 23.2 Å². The number of hydrogen-bond donors (Lipinski definition) is 1. The zero-order valence-electron chi connectivity index (χ0n) is 16.2. The van der Waals surface area contributed by atoms with Crippen LogP contribution in [0.25, 0.3) is 0 Å². The minimum atomic E-state index is -3.01. The van der Waals surface area contributed by atoms with Crippen LogP contribution in [0, 0.1) is 0 Å². The number of rotatable bonds is 4. The summed E-state index contributed by atoms with van der Waals surface area (Å²) in [5, 5.41) is 0. The molecular weight excluding hydrogens is 188 g/mol. The molecule has 0 spiro atoms. The fraction of sp³-hybridized carbons (Fsp3) is 0.500. The van der Waals surface area contributed by atoms with E-state index in [-0.39, 0.29) is 13.2 Å². The molecule has 15 heavy (non-hydrogen) atoms. The van der Waals surface area contributed by atoms with E-state index < -0.39 is 25.7 Å². The Balaban J connectivity index is 2.14. The predicted molar refractivity (Wildman–Crippen MR) is 62.0 cm³/mol. The van der Waals surface area contributed by atoms with Gasteiger partial charge in [-0.15, -0.1) is 0 Å². The van der Waals surface area contributed by atoms with Crippen molar-refractivity contribution in [2.24, 2.45) is 0 Å². The molecule has 0 aliphatic carbocycles. The molecule has 0 saturated carbocycles. The van der Waals surface area contributed by atoms with E-state index in [9.17, 15) is 0 Å². The fourth-order valence-electron chi connectivity index (χ4n) is 1.15. The number of nitrogens with two attached hydrogens (primary N) is 1. The Hall–Kier alpha value is -1.22. The molecule has 0 atom stereocenters. The highest BCUT2D eigenvalue weighted by atomic mass is 16.5. The van der Waals surface area contributed by atoms with E-state index in [0.717, 1.165) is 0 Å². The Morgan fingerprint density at radius 2 is 1.93 bits per heavy atom. The molecule has 2 rings (SSSR count). The lowest BCUT2D eigenvalue weighted by Gasteiger charge is -2.14. The van der Waals surface area contributed by atoms with E-state index in [1.807, 2.05) is 0 Å². The van der Waals surface area contributed by atoms with Crippen LogP contribution < -0.4 is 10.5 Å². The average Bonchev–Trinajstić information content (AvgIpc) is 2.49. The first kappa shape index (κ1) is 4.34. The molecule has 0 radical (unpaired) electrons. The molecule has 1 fully saturated rings. The number of nitrogen functional groups attached to an aromatic ring is 1. The fourth-order valence-corrected chi connectivity index (χ4v) is 1.15. The summed E-state index contributed by atoms with van der Waals surface area (Å²) >= 11 is 0. The lowest BCUT2D eigenvalue weighted by atomic mass is 10.3. The summed E-state index contributed by atoms with van der Waals surface area (Å²) < 4.78 is 67.4. The maximum atomic E-state index is 7.83. The van der Waals surface area contributed by atoms with E-state index in [1.54, 1.807) is 24.3 Å². The van der Waals surface area contributed by atoms with Crippen LogP contribution in [-0.2, 0) is 0 Å². The largest absolute Gasteiger partial charge is 0.492 e. The molecule has 0 bridgehead atoms. The first-order chi connectivity index (χ1) is 10.4. The number of anilines is 1. The van der Waals surface area contributed by atoms with E-state index in [0.29, 0.717) is 16.3 Å². The van der Waals surface area contributed by atoms with Crippen LogP contribution in [0.15, 0.2) is 24.3 Å². The zero-order chi connectivity index (χ0) is 17.7. The average molecular weight is 214 g/mol. The van der Waals surface area contributed by atoms with Gasteiger partial charge in [-0.05, 0) is 50.0 Å². The zero-order valence-corrected chi connectivity index (χ0v) is 8.16. The quantitative estimate of drug-likeness (QED) is 0.776. The molecule has 1 aliphatic heterocycles. The number of likely N-dealkylation sites (tertiary alicyclic amines) is 1. The Kier molecular flexibility index (Phi) is 1.45. The smallest absolute Gasteiger partial charge is 0.119 e. The van der Waals surface area contributed by atoms with Crippen molar-refractivity contribution in [3.63, 3.8) is 0 Å². The second-order valence-electron chi connectivity index (χ2n) is 3.04. The van der Waals surface area contributed by atoms with Gasteiger partial charge in [0.05, 0.1) is 0 Å². The van der Waals surface area contributed by atoms with Crippen LogP contribution in [0.1, 0.15) is 23.7 Å². The monoisotopic (exact) mass is 214 g/mol. The number of ether oxygens (including phenoxy) is 1. The molecule has 0 aromatic heterocycles. The Bertz CT molecular complexity index is 549. The molecule has 3 heteroatoms. The van der Waals surface area contributed by atoms with Gasteiger partial charge in [0.15, 0.2) is 0 Å². The topological polar surface area (TPSA) is 38.5 Å². The minimum absolute atomic E-state index is 0.130. The molecule has 1 heterocycles. The van der Waals surface area contributed by atoms with E-state index in [2.05, 4.69) is 0 Å². The lowest BCUT2D eigenvalue weighted by Crippen LogP contribution is -2.25. The summed E-state index contributed by atoms with van der Waals surface area (Å²) in [5.74, 6) is 0.450. The van der Waals surface area contributed by atoms with Gasteiger partial charge >= 0.3 is 0 Å².